The molecule has 0 bridgehead atoms. The lowest BCUT2D eigenvalue weighted by Crippen LogP contribution is -1.87. The molecule has 0 saturated carbocycles. The van der Waals surface area contributed by atoms with E-state index in [4.69, 9.17) is 5.26 Å². The number of rotatable bonds is 2. The van der Waals surface area contributed by atoms with E-state index < -0.39 is 0 Å². The zero-order chi connectivity index (χ0) is 8.97. The largest absolute Gasteiger partial charge is 0.198 e. The van der Waals surface area contributed by atoms with Crippen LogP contribution in [0.4, 0.5) is 0 Å². The van der Waals surface area contributed by atoms with E-state index >= 15 is 0 Å². The molecular formula is C10H11NS. The molecule has 0 aliphatic carbocycles. The van der Waals surface area contributed by atoms with Crippen molar-refractivity contribution in [2.24, 2.45) is 0 Å². The molecule has 0 atom stereocenters. The predicted octanol–water partition coefficient (Wildman–Crippen LogP) is 2.78. The molecule has 0 amide bonds. The molecule has 0 aliphatic rings. The highest BCUT2D eigenvalue weighted by molar-refractivity contribution is 7.98. The first kappa shape index (κ1) is 9.15. The monoisotopic (exact) mass is 177 g/mol. The highest BCUT2D eigenvalue weighted by atomic mass is 32.2. The summed E-state index contributed by atoms with van der Waals surface area (Å²) in [6.45, 7) is 2.04. The van der Waals surface area contributed by atoms with E-state index in [-0.39, 0.29) is 0 Å². The Balaban J connectivity index is 3.01. The molecule has 0 N–H and O–H groups in total. The van der Waals surface area contributed by atoms with Gasteiger partial charge in [0.25, 0.3) is 0 Å². The molecule has 2 heteroatoms. The van der Waals surface area contributed by atoms with Gasteiger partial charge < -0.3 is 0 Å². The van der Waals surface area contributed by atoms with Crippen LogP contribution < -0.4 is 0 Å². The average Bonchev–Trinajstić information content (AvgIpc) is 2.09. The Morgan fingerprint density at radius 1 is 1.50 bits per heavy atom. The van der Waals surface area contributed by atoms with Crippen molar-refractivity contribution >= 4 is 11.8 Å². The van der Waals surface area contributed by atoms with E-state index in [9.17, 15) is 0 Å². The minimum absolute atomic E-state index is 0.514. The second-order valence-electron chi connectivity index (χ2n) is 2.63. The first-order chi connectivity index (χ1) is 5.77. The van der Waals surface area contributed by atoms with Crippen LogP contribution in [-0.4, -0.2) is 6.26 Å². The van der Waals surface area contributed by atoms with Crippen molar-refractivity contribution in [1.82, 2.24) is 0 Å². The van der Waals surface area contributed by atoms with Crippen molar-refractivity contribution in [1.29, 1.82) is 5.26 Å². The lowest BCUT2D eigenvalue weighted by molar-refractivity contribution is 1.18. The quantitative estimate of drug-likeness (QED) is 0.648. The maximum Gasteiger partial charge on any atom is 0.0669 e. The molecule has 1 aromatic carbocycles. The Hall–Kier alpha value is -0.940. The minimum Gasteiger partial charge on any atom is -0.198 e. The Morgan fingerprint density at radius 2 is 2.25 bits per heavy atom. The summed E-state index contributed by atoms with van der Waals surface area (Å²) in [5, 5.41) is 8.55. The number of benzene rings is 1. The van der Waals surface area contributed by atoms with Crippen molar-refractivity contribution in [3.8, 4) is 6.07 Å². The Morgan fingerprint density at radius 3 is 2.83 bits per heavy atom. The van der Waals surface area contributed by atoms with Gasteiger partial charge in [0.1, 0.15) is 0 Å². The van der Waals surface area contributed by atoms with Crippen LogP contribution in [0.5, 0.6) is 0 Å². The maximum absolute atomic E-state index is 8.55. The van der Waals surface area contributed by atoms with Crippen molar-refractivity contribution in [2.75, 3.05) is 6.26 Å². The number of nitrogens with zero attached hydrogens (tertiary/aromatic N) is 1. The van der Waals surface area contributed by atoms with E-state index in [0.29, 0.717) is 6.42 Å². The van der Waals surface area contributed by atoms with E-state index in [0.717, 1.165) is 5.56 Å². The summed E-state index contributed by atoms with van der Waals surface area (Å²) in [5.41, 5.74) is 2.35. The number of hydrogen-bond acceptors (Lipinski definition) is 2. The van der Waals surface area contributed by atoms with Gasteiger partial charge in [-0.3, -0.25) is 0 Å². The van der Waals surface area contributed by atoms with Gasteiger partial charge in [0, 0.05) is 4.90 Å². The van der Waals surface area contributed by atoms with Gasteiger partial charge in [-0.1, -0.05) is 6.07 Å². The van der Waals surface area contributed by atoms with Crippen LogP contribution in [-0.2, 0) is 6.42 Å². The molecule has 62 valence electrons. The van der Waals surface area contributed by atoms with Crippen LogP contribution in [0.2, 0.25) is 0 Å². The Kier molecular flexibility index (Phi) is 3.19. The van der Waals surface area contributed by atoms with E-state index in [2.05, 4.69) is 24.3 Å². The van der Waals surface area contributed by atoms with Gasteiger partial charge in [-0.25, -0.2) is 0 Å². The summed E-state index contributed by atoms with van der Waals surface area (Å²) in [5.74, 6) is 0. The predicted molar refractivity (Wildman–Crippen MR) is 52.3 cm³/mol. The number of hydrogen-bond donors (Lipinski definition) is 0. The molecule has 0 spiro atoms. The topological polar surface area (TPSA) is 23.8 Å². The minimum atomic E-state index is 0.514. The zero-order valence-electron chi connectivity index (χ0n) is 7.29. The van der Waals surface area contributed by atoms with Gasteiger partial charge in [-0.15, -0.1) is 11.8 Å². The third kappa shape index (κ3) is 2.02. The van der Waals surface area contributed by atoms with Crippen molar-refractivity contribution in [3.63, 3.8) is 0 Å². The molecule has 1 aromatic rings. The fourth-order valence-corrected chi connectivity index (χ4v) is 1.51. The third-order valence-electron chi connectivity index (χ3n) is 1.83. The van der Waals surface area contributed by atoms with E-state index in [1.165, 1.54) is 10.5 Å². The van der Waals surface area contributed by atoms with Gasteiger partial charge in [0.2, 0.25) is 0 Å². The molecule has 1 rings (SSSR count). The van der Waals surface area contributed by atoms with Crippen LogP contribution in [0, 0.1) is 18.3 Å². The fraction of sp³-hybridized carbons (Fsp3) is 0.300. The molecular weight excluding hydrogens is 166 g/mol. The summed E-state index contributed by atoms with van der Waals surface area (Å²) >= 11 is 1.71. The SMILES string of the molecule is CSc1ccc(C)c(CC#N)c1. The Bertz CT molecular complexity index is 312. The summed E-state index contributed by atoms with van der Waals surface area (Å²) in [6, 6.07) is 8.41. The maximum atomic E-state index is 8.55. The van der Waals surface area contributed by atoms with E-state index in [1.807, 2.05) is 13.2 Å². The van der Waals surface area contributed by atoms with Gasteiger partial charge in [0.05, 0.1) is 12.5 Å². The number of thioether (sulfide) groups is 1. The smallest absolute Gasteiger partial charge is 0.0669 e. The molecule has 0 aromatic heterocycles. The summed E-state index contributed by atoms with van der Waals surface area (Å²) < 4.78 is 0. The van der Waals surface area contributed by atoms with E-state index in [1.54, 1.807) is 11.8 Å². The van der Waals surface area contributed by atoms with Crippen LogP contribution in [0.1, 0.15) is 11.1 Å². The van der Waals surface area contributed by atoms with Crippen molar-refractivity contribution < 1.29 is 0 Å². The number of aryl methyl sites for hydroxylation is 1. The van der Waals surface area contributed by atoms with Crippen LogP contribution in [0.25, 0.3) is 0 Å². The molecule has 1 nitrogen and oxygen atoms in total. The fourth-order valence-electron chi connectivity index (χ4n) is 1.05. The molecule has 0 radical (unpaired) electrons. The van der Waals surface area contributed by atoms with Crippen LogP contribution in [0.15, 0.2) is 23.1 Å². The molecule has 0 saturated heterocycles. The standard InChI is InChI=1S/C10H11NS/c1-8-3-4-10(12-2)7-9(8)5-6-11/h3-4,7H,5H2,1-2H3. The first-order valence-electron chi connectivity index (χ1n) is 3.78. The van der Waals surface area contributed by atoms with Gasteiger partial charge in [-0.2, -0.15) is 5.26 Å². The highest BCUT2D eigenvalue weighted by Gasteiger charge is 1.98. The number of nitriles is 1. The third-order valence-corrected chi connectivity index (χ3v) is 2.55. The zero-order valence-corrected chi connectivity index (χ0v) is 8.11. The second-order valence-corrected chi connectivity index (χ2v) is 3.51. The molecule has 0 unspecified atom stereocenters. The molecule has 0 fully saturated rings. The summed E-state index contributed by atoms with van der Waals surface area (Å²) in [7, 11) is 0. The normalized spacial score (nSPS) is 9.42. The highest BCUT2D eigenvalue weighted by Crippen LogP contribution is 2.19. The second kappa shape index (κ2) is 4.18. The van der Waals surface area contributed by atoms with Crippen molar-refractivity contribution in [2.45, 2.75) is 18.2 Å². The summed E-state index contributed by atoms with van der Waals surface area (Å²) in [6.07, 6.45) is 2.56. The first-order valence-corrected chi connectivity index (χ1v) is 5.01. The molecule has 12 heavy (non-hydrogen) atoms. The summed E-state index contributed by atoms with van der Waals surface area (Å²) in [4.78, 5) is 1.23. The van der Waals surface area contributed by atoms with Gasteiger partial charge >= 0.3 is 0 Å². The molecule has 0 heterocycles. The Labute approximate surface area is 77.4 Å². The van der Waals surface area contributed by atoms with Gasteiger partial charge in [0.15, 0.2) is 0 Å². The van der Waals surface area contributed by atoms with Gasteiger partial charge in [-0.05, 0) is 36.4 Å². The molecule has 0 aliphatic heterocycles. The lowest BCUT2D eigenvalue weighted by atomic mass is 10.1. The van der Waals surface area contributed by atoms with Crippen LogP contribution >= 0.6 is 11.8 Å². The van der Waals surface area contributed by atoms with Crippen molar-refractivity contribution in [3.05, 3.63) is 29.3 Å². The average molecular weight is 177 g/mol. The van der Waals surface area contributed by atoms with Crippen LogP contribution in [0.3, 0.4) is 0 Å². The lowest BCUT2D eigenvalue weighted by Gasteiger charge is -2.02.